The van der Waals surface area contributed by atoms with Crippen molar-refractivity contribution in [3.05, 3.63) is 66.5 Å². The van der Waals surface area contributed by atoms with E-state index >= 15 is 0 Å². The summed E-state index contributed by atoms with van der Waals surface area (Å²) < 4.78 is 63.8. The highest BCUT2D eigenvalue weighted by Gasteiger charge is 2.48. The van der Waals surface area contributed by atoms with Crippen molar-refractivity contribution in [2.24, 2.45) is 0 Å². The maximum atomic E-state index is 12.9. The van der Waals surface area contributed by atoms with Crippen molar-refractivity contribution in [3.8, 4) is 5.69 Å². The van der Waals surface area contributed by atoms with E-state index in [2.05, 4.69) is 15.6 Å². The maximum absolute atomic E-state index is 12.9. The van der Waals surface area contributed by atoms with Crippen LogP contribution in [0.25, 0.3) is 5.69 Å². The highest BCUT2D eigenvalue weighted by molar-refractivity contribution is 7.92. The van der Waals surface area contributed by atoms with E-state index in [-0.39, 0.29) is 5.69 Å². The number of anilines is 1. The number of sulfone groups is 1. The molecule has 0 aliphatic heterocycles. The standard InChI is InChI=1S/C17H15F3N4O2S/c1-12(15-11-24(23-22-15)13-7-3-2-4-8-13)21-14-9-5-6-10-16(14)27(25,26)17(18,19)20/h2-12,21H,1H3. The Morgan fingerprint density at radius 1 is 1.04 bits per heavy atom. The number of alkyl halides is 3. The van der Waals surface area contributed by atoms with Crippen LogP contribution < -0.4 is 5.32 Å². The minimum atomic E-state index is -5.48. The van der Waals surface area contributed by atoms with Crippen LogP contribution in [0.1, 0.15) is 18.7 Å². The van der Waals surface area contributed by atoms with E-state index in [0.717, 1.165) is 11.8 Å². The van der Waals surface area contributed by atoms with Gasteiger partial charge in [-0.25, -0.2) is 13.1 Å². The van der Waals surface area contributed by atoms with Gasteiger partial charge in [0.15, 0.2) is 0 Å². The molecule has 1 N–H and O–H groups in total. The van der Waals surface area contributed by atoms with Crippen LogP contribution in [0.3, 0.4) is 0 Å². The molecule has 2 aromatic carbocycles. The molecule has 142 valence electrons. The summed E-state index contributed by atoms with van der Waals surface area (Å²) in [5, 5.41) is 10.8. The number of para-hydroxylation sites is 2. The van der Waals surface area contributed by atoms with Gasteiger partial charge in [0, 0.05) is 0 Å². The Labute approximate surface area is 153 Å². The van der Waals surface area contributed by atoms with Gasteiger partial charge < -0.3 is 5.32 Å². The number of rotatable bonds is 5. The normalized spacial score (nSPS) is 13.3. The lowest BCUT2D eigenvalue weighted by molar-refractivity contribution is -0.0435. The van der Waals surface area contributed by atoms with E-state index < -0.39 is 26.3 Å². The Hall–Kier alpha value is -2.88. The fraction of sp³-hybridized carbons (Fsp3) is 0.176. The topological polar surface area (TPSA) is 76.9 Å². The predicted molar refractivity (Wildman–Crippen MR) is 93.1 cm³/mol. The molecule has 0 aliphatic rings. The molecule has 6 nitrogen and oxygen atoms in total. The van der Waals surface area contributed by atoms with Crippen molar-refractivity contribution in [2.45, 2.75) is 23.4 Å². The Bertz CT molecular complexity index is 1030. The molecule has 0 radical (unpaired) electrons. The molecule has 3 aromatic rings. The van der Waals surface area contributed by atoms with Crippen molar-refractivity contribution in [1.29, 1.82) is 0 Å². The van der Waals surface area contributed by atoms with Gasteiger partial charge in [0.1, 0.15) is 5.69 Å². The average Bonchev–Trinajstić information content (AvgIpc) is 3.12. The van der Waals surface area contributed by atoms with E-state index in [9.17, 15) is 21.6 Å². The quantitative estimate of drug-likeness (QED) is 0.711. The van der Waals surface area contributed by atoms with Gasteiger partial charge in [-0.15, -0.1) is 5.10 Å². The van der Waals surface area contributed by atoms with Gasteiger partial charge in [0.05, 0.1) is 28.5 Å². The Balaban J connectivity index is 1.88. The summed E-state index contributed by atoms with van der Waals surface area (Å²) >= 11 is 0. The highest BCUT2D eigenvalue weighted by atomic mass is 32.2. The van der Waals surface area contributed by atoms with E-state index in [1.807, 2.05) is 30.3 Å². The summed E-state index contributed by atoms with van der Waals surface area (Å²) in [4.78, 5) is -0.834. The Morgan fingerprint density at radius 3 is 2.33 bits per heavy atom. The average molecular weight is 396 g/mol. The first-order valence-corrected chi connectivity index (χ1v) is 9.33. The molecule has 10 heteroatoms. The van der Waals surface area contributed by atoms with Crippen LogP contribution in [0, 0.1) is 0 Å². The van der Waals surface area contributed by atoms with E-state index in [0.29, 0.717) is 5.69 Å². The second kappa shape index (κ2) is 7.03. The molecule has 1 unspecified atom stereocenters. The molecule has 3 rings (SSSR count). The first-order valence-electron chi connectivity index (χ1n) is 7.85. The fourth-order valence-electron chi connectivity index (χ4n) is 2.43. The zero-order valence-electron chi connectivity index (χ0n) is 14.1. The zero-order chi connectivity index (χ0) is 19.7. The Kier molecular flexibility index (Phi) is 4.92. The van der Waals surface area contributed by atoms with Gasteiger partial charge in [0.25, 0.3) is 9.84 Å². The zero-order valence-corrected chi connectivity index (χ0v) is 14.9. The third kappa shape index (κ3) is 3.80. The van der Waals surface area contributed by atoms with Gasteiger partial charge in [-0.1, -0.05) is 35.5 Å². The largest absolute Gasteiger partial charge is 0.501 e. The molecule has 0 amide bonds. The summed E-state index contributed by atoms with van der Waals surface area (Å²) in [5.41, 5.74) is -4.33. The first-order chi connectivity index (χ1) is 12.7. The van der Waals surface area contributed by atoms with Crippen LogP contribution in [0.2, 0.25) is 0 Å². The molecule has 0 saturated heterocycles. The number of nitrogens with one attached hydrogen (secondary N) is 1. The number of aromatic nitrogens is 3. The molecule has 0 aliphatic carbocycles. The monoisotopic (exact) mass is 396 g/mol. The van der Waals surface area contributed by atoms with Crippen molar-refractivity contribution >= 4 is 15.5 Å². The van der Waals surface area contributed by atoms with Crippen LogP contribution in [-0.4, -0.2) is 28.9 Å². The third-order valence-electron chi connectivity index (χ3n) is 3.83. The summed E-state index contributed by atoms with van der Waals surface area (Å²) in [6.07, 6.45) is 1.62. The molecule has 0 fully saturated rings. The molecular weight excluding hydrogens is 381 g/mol. The van der Waals surface area contributed by atoms with E-state index in [4.69, 9.17) is 0 Å². The summed E-state index contributed by atoms with van der Waals surface area (Å²) in [7, 11) is -5.48. The molecule has 1 atom stereocenters. The second-order valence-electron chi connectivity index (χ2n) is 5.73. The molecule has 0 spiro atoms. The minimum absolute atomic E-state index is 0.156. The van der Waals surface area contributed by atoms with Crippen LogP contribution in [0.15, 0.2) is 65.7 Å². The number of nitrogens with zero attached hydrogens (tertiary/aromatic N) is 3. The van der Waals surface area contributed by atoms with Gasteiger partial charge >= 0.3 is 5.51 Å². The molecule has 27 heavy (non-hydrogen) atoms. The lowest BCUT2D eigenvalue weighted by Crippen LogP contribution is -2.24. The lowest BCUT2D eigenvalue weighted by atomic mass is 10.2. The van der Waals surface area contributed by atoms with Crippen LogP contribution >= 0.6 is 0 Å². The van der Waals surface area contributed by atoms with Crippen LogP contribution in [0.5, 0.6) is 0 Å². The number of hydrogen-bond acceptors (Lipinski definition) is 5. The number of benzene rings is 2. The van der Waals surface area contributed by atoms with Gasteiger partial charge in [0.2, 0.25) is 0 Å². The lowest BCUT2D eigenvalue weighted by Gasteiger charge is -2.17. The van der Waals surface area contributed by atoms with Crippen molar-refractivity contribution in [3.63, 3.8) is 0 Å². The molecule has 1 heterocycles. The third-order valence-corrected chi connectivity index (χ3v) is 5.37. The summed E-state index contributed by atoms with van der Waals surface area (Å²) in [6, 6.07) is 13.5. The van der Waals surface area contributed by atoms with E-state index in [1.54, 1.807) is 13.1 Å². The summed E-state index contributed by atoms with van der Waals surface area (Å²) in [5.74, 6) is 0. The molecular formula is C17H15F3N4O2S. The van der Waals surface area contributed by atoms with Crippen molar-refractivity contribution < 1.29 is 21.6 Å². The first kappa shape index (κ1) is 18.9. The predicted octanol–water partition coefficient (Wildman–Crippen LogP) is 3.73. The maximum Gasteiger partial charge on any atom is 0.501 e. The van der Waals surface area contributed by atoms with Gasteiger partial charge in [-0.05, 0) is 31.2 Å². The van der Waals surface area contributed by atoms with Crippen LogP contribution in [0.4, 0.5) is 18.9 Å². The van der Waals surface area contributed by atoms with Gasteiger partial charge in [-0.2, -0.15) is 13.2 Å². The smallest absolute Gasteiger partial charge is 0.376 e. The van der Waals surface area contributed by atoms with Gasteiger partial charge in [-0.3, -0.25) is 0 Å². The van der Waals surface area contributed by atoms with Crippen LogP contribution in [-0.2, 0) is 9.84 Å². The van der Waals surface area contributed by atoms with Crippen molar-refractivity contribution in [1.82, 2.24) is 15.0 Å². The fourth-order valence-corrected chi connectivity index (χ4v) is 3.36. The molecule has 1 aromatic heterocycles. The SMILES string of the molecule is CC(Nc1ccccc1S(=O)(=O)C(F)(F)F)c1cn(-c2ccccc2)nn1. The second-order valence-corrected chi connectivity index (χ2v) is 7.64. The van der Waals surface area contributed by atoms with E-state index in [1.165, 1.54) is 22.9 Å². The number of hydrogen-bond donors (Lipinski definition) is 1. The molecule has 0 bridgehead atoms. The Morgan fingerprint density at radius 2 is 1.67 bits per heavy atom. The minimum Gasteiger partial charge on any atom is -0.376 e. The van der Waals surface area contributed by atoms with Crippen molar-refractivity contribution in [2.75, 3.05) is 5.32 Å². The highest BCUT2D eigenvalue weighted by Crippen LogP contribution is 2.35. The number of halogens is 3. The molecule has 0 saturated carbocycles. The summed E-state index contributed by atoms with van der Waals surface area (Å²) in [6.45, 7) is 1.65.